The molecular formula is C14H16F3NO2. The molecule has 20 heavy (non-hydrogen) atoms. The molecule has 3 nitrogen and oxygen atoms in total. The molecule has 1 aromatic carbocycles. The molecule has 6 heteroatoms. The van der Waals surface area contributed by atoms with Crippen molar-refractivity contribution in [3.05, 3.63) is 41.6 Å². The first kappa shape index (κ1) is 16.1. The Balaban J connectivity index is 2.43. The van der Waals surface area contributed by atoms with Crippen molar-refractivity contribution in [1.29, 1.82) is 0 Å². The predicted molar refractivity (Wildman–Crippen MR) is 69.5 cm³/mol. The SMILES string of the molecule is COc1ccc(CCNC(C)=CC(=O)C(F)(F)F)cc1. The van der Waals surface area contributed by atoms with Crippen LogP contribution >= 0.6 is 0 Å². The van der Waals surface area contributed by atoms with Crippen LogP contribution in [0.25, 0.3) is 0 Å². The van der Waals surface area contributed by atoms with E-state index in [0.29, 0.717) is 19.0 Å². The van der Waals surface area contributed by atoms with Gasteiger partial charge in [-0.1, -0.05) is 12.1 Å². The van der Waals surface area contributed by atoms with Gasteiger partial charge in [-0.2, -0.15) is 13.2 Å². The summed E-state index contributed by atoms with van der Waals surface area (Å²) in [5.74, 6) is -1.11. The van der Waals surface area contributed by atoms with Crippen LogP contribution in [-0.2, 0) is 11.2 Å². The molecule has 0 fully saturated rings. The third-order valence-electron chi connectivity index (χ3n) is 2.60. The molecule has 0 aliphatic rings. The smallest absolute Gasteiger partial charge is 0.454 e. The zero-order valence-electron chi connectivity index (χ0n) is 11.3. The number of halogens is 3. The Morgan fingerprint density at radius 2 is 1.90 bits per heavy atom. The lowest BCUT2D eigenvalue weighted by atomic mass is 10.1. The van der Waals surface area contributed by atoms with E-state index in [4.69, 9.17) is 4.74 Å². The molecule has 0 unspecified atom stereocenters. The number of nitrogens with one attached hydrogen (secondary N) is 1. The summed E-state index contributed by atoms with van der Waals surface area (Å²) in [7, 11) is 1.57. The van der Waals surface area contributed by atoms with Gasteiger partial charge < -0.3 is 10.1 Å². The molecular weight excluding hydrogens is 271 g/mol. The fourth-order valence-electron chi connectivity index (χ4n) is 1.53. The maximum absolute atomic E-state index is 12.0. The second-order valence-corrected chi connectivity index (χ2v) is 4.21. The number of alkyl halides is 3. The summed E-state index contributed by atoms with van der Waals surface area (Å²) in [4.78, 5) is 10.7. The number of ether oxygens (including phenoxy) is 1. The lowest BCUT2D eigenvalue weighted by Crippen LogP contribution is -2.23. The molecule has 110 valence electrons. The van der Waals surface area contributed by atoms with Crippen LogP contribution in [0.15, 0.2) is 36.0 Å². The van der Waals surface area contributed by atoms with Crippen LogP contribution in [0.4, 0.5) is 13.2 Å². The van der Waals surface area contributed by atoms with Gasteiger partial charge in [0.1, 0.15) is 5.75 Å². The number of ketones is 1. The van der Waals surface area contributed by atoms with E-state index >= 15 is 0 Å². The van der Waals surface area contributed by atoms with Gasteiger partial charge in [0.15, 0.2) is 0 Å². The van der Waals surface area contributed by atoms with Gasteiger partial charge in [-0.25, -0.2) is 0 Å². The van der Waals surface area contributed by atoms with Crippen molar-refractivity contribution in [1.82, 2.24) is 5.32 Å². The fourth-order valence-corrected chi connectivity index (χ4v) is 1.53. The maximum atomic E-state index is 12.0. The van der Waals surface area contributed by atoms with Gasteiger partial charge in [0.05, 0.1) is 7.11 Å². The highest BCUT2D eigenvalue weighted by molar-refractivity contribution is 5.94. The van der Waals surface area contributed by atoms with Crippen molar-refractivity contribution in [2.45, 2.75) is 19.5 Å². The Labute approximate surface area is 115 Å². The van der Waals surface area contributed by atoms with Gasteiger partial charge in [-0.15, -0.1) is 0 Å². The lowest BCUT2D eigenvalue weighted by molar-refractivity contribution is -0.165. The first-order chi connectivity index (χ1) is 9.32. The highest BCUT2D eigenvalue weighted by Gasteiger charge is 2.36. The molecule has 0 aliphatic heterocycles. The number of rotatable bonds is 6. The Bertz CT molecular complexity index is 478. The van der Waals surface area contributed by atoms with Gasteiger partial charge in [-0.3, -0.25) is 4.79 Å². The molecule has 1 rings (SSSR count). The van der Waals surface area contributed by atoms with Crippen molar-refractivity contribution in [2.24, 2.45) is 0 Å². The highest BCUT2D eigenvalue weighted by Crippen LogP contribution is 2.17. The third-order valence-corrected chi connectivity index (χ3v) is 2.60. The van der Waals surface area contributed by atoms with Gasteiger partial charge in [0.25, 0.3) is 5.78 Å². The third kappa shape index (κ3) is 5.34. The molecule has 0 spiro atoms. The number of methoxy groups -OCH3 is 1. The monoisotopic (exact) mass is 287 g/mol. The zero-order valence-corrected chi connectivity index (χ0v) is 11.3. The summed E-state index contributed by atoms with van der Waals surface area (Å²) < 4.78 is 41.1. The van der Waals surface area contributed by atoms with Gasteiger partial charge in [0, 0.05) is 18.3 Å². The molecule has 0 aliphatic carbocycles. The summed E-state index contributed by atoms with van der Waals surface area (Å²) in [5, 5.41) is 2.77. The highest BCUT2D eigenvalue weighted by atomic mass is 19.4. The van der Waals surface area contributed by atoms with Gasteiger partial charge in [-0.05, 0) is 31.0 Å². The number of benzene rings is 1. The molecule has 0 amide bonds. The largest absolute Gasteiger partial charge is 0.497 e. The molecule has 0 atom stereocenters. The zero-order chi connectivity index (χ0) is 15.2. The fraction of sp³-hybridized carbons (Fsp3) is 0.357. The lowest BCUT2D eigenvalue weighted by Gasteiger charge is -2.08. The number of hydrogen-bond donors (Lipinski definition) is 1. The molecule has 1 N–H and O–H groups in total. The van der Waals surface area contributed by atoms with E-state index in [9.17, 15) is 18.0 Å². The van der Waals surface area contributed by atoms with Gasteiger partial charge in [0.2, 0.25) is 0 Å². The normalized spacial score (nSPS) is 12.2. The second-order valence-electron chi connectivity index (χ2n) is 4.21. The predicted octanol–water partition coefficient (Wildman–Crippen LogP) is 2.86. The minimum absolute atomic E-state index is 0.195. The number of hydrogen-bond acceptors (Lipinski definition) is 3. The van der Waals surface area contributed by atoms with E-state index in [2.05, 4.69) is 5.32 Å². The van der Waals surface area contributed by atoms with E-state index in [0.717, 1.165) is 11.3 Å². The van der Waals surface area contributed by atoms with Crippen LogP contribution in [0.5, 0.6) is 5.75 Å². The van der Waals surface area contributed by atoms with Crippen LogP contribution in [0, 0.1) is 0 Å². The summed E-state index contributed by atoms with van der Waals surface area (Å²) in [6.07, 6.45) is -3.62. The first-order valence-electron chi connectivity index (χ1n) is 5.99. The summed E-state index contributed by atoms with van der Waals surface area (Å²) in [5.41, 5.74) is 1.22. The molecule has 0 bridgehead atoms. The Morgan fingerprint density at radius 1 is 1.30 bits per heavy atom. The van der Waals surface area contributed by atoms with Crippen molar-refractivity contribution in [3.63, 3.8) is 0 Å². The van der Waals surface area contributed by atoms with E-state index in [1.54, 1.807) is 7.11 Å². The van der Waals surface area contributed by atoms with E-state index < -0.39 is 12.0 Å². The van der Waals surface area contributed by atoms with Crippen LogP contribution in [0.1, 0.15) is 12.5 Å². The minimum Gasteiger partial charge on any atom is -0.497 e. The molecule has 1 aromatic rings. The Hall–Kier alpha value is -1.98. The molecule has 0 radical (unpaired) electrons. The van der Waals surface area contributed by atoms with Crippen molar-refractivity contribution in [2.75, 3.05) is 13.7 Å². The first-order valence-corrected chi connectivity index (χ1v) is 5.99. The van der Waals surface area contributed by atoms with E-state index in [1.807, 2.05) is 24.3 Å². The summed E-state index contributed by atoms with van der Waals surface area (Å²) in [6, 6.07) is 7.37. The van der Waals surface area contributed by atoms with Crippen molar-refractivity contribution in [3.8, 4) is 5.75 Å². The molecule has 0 aromatic heterocycles. The number of carbonyl (C=O) groups is 1. The topological polar surface area (TPSA) is 38.3 Å². The van der Waals surface area contributed by atoms with E-state index in [-0.39, 0.29) is 5.70 Å². The van der Waals surface area contributed by atoms with Gasteiger partial charge >= 0.3 is 6.18 Å². The van der Waals surface area contributed by atoms with Crippen LogP contribution in [0.2, 0.25) is 0 Å². The van der Waals surface area contributed by atoms with Crippen molar-refractivity contribution >= 4 is 5.78 Å². The summed E-state index contributed by atoms with van der Waals surface area (Å²) >= 11 is 0. The summed E-state index contributed by atoms with van der Waals surface area (Å²) in [6.45, 7) is 1.87. The Kier molecular flexibility index (Phi) is 5.61. The number of allylic oxidation sites excluding steroid dienone is 2. The van der Waals surface area contributed by atoms with Crippen LogP contribution < -0.4 is 10.1 Å². The molecule has 0 saturated carbocycles. The molecule has 0 saturated heterocycles. The standard InChI is InChI=1S/C14H16F3NO2/c1-10(9-13(19)14(15,16)17)18-8-7-11-3-5-12(20-2)6-4-11/h3-6,9,18H,7-8H2,1-2H3. The average Bonchev–Trinajstić information content (AvgIpc) is 2.38. The number of carbonyl (C=O) groups excluding carboxylic acids is 1. The minimum atomic E-state index is -4.82. The second kappa shape index (κ2) is 6.98. The average molecular weight is 287 g/mol. The Morgan fingerprint density at radius 3 is 2.40 bits per heavy atom. The van der Waals surface area contributed by atoms with Crippen LogP contribution in [0.3, 0.4) is 0 Å². The van der Waals surface area contributed by atoms with Crippen molar-refractivity contribution < 1.29 is 22.7 Å². The van der Waals surface area contributed by atoms with Crippen LogP contribution in [-0.4, -0.2) is 25.6 Å². The van der Waals surface area contributed by atoms with E-state index in [1.165, 1.54) is 6.92 Å². The maximum Gasteiger partial charge on any atom is 0.454 e. The quantitative estimate of drug-likeness (QED) is 0.818. The molecule has 0 heterocycles.